The van der Waals surface area contributed by atoms with E-state index >= 15 is 0 Å². The average Bonchev–Trinajstić information content (AvgIpc) is 2.93. The topological polar surface area (TPSA) is 66.4 Å². The minimum atomic E-state index is -0.830. The van der Waals surface area contributed by atoms with Gasteiger partial charge in [-0.3, -0.25) is 9.59 Å². The molecule has 5 heteroatoms. The van der Waals surface area contributed by atoms with Gasteiger partial charge in [-0.05, 0) is 60.6 Å². The smallest absolute Gasteiger partial charge is 0.307 e. The Kier molecular flexibility index (Phi) is 4.17. The van der Waals surface area contributed by atoms with Crippen LogP contribution in [0.2, 0.25) is 0 Å². The molecule has 2 bridgehead atoms. The average molecular weight is 333 g/mol. The summed E-state index contributed by atoms with van der Waals surface area (Å²) in [7, 11) is 0. The quantitative estimate of drug-likeness (QED) is 0.824. The Labute approximate surface area is 141 Å². The number of carbonyl (C=O) groups is 2. The largest absolute Gasteiger partial charge is 0.481 e. The molecule has 0 saturated heterocycles. The van der Waals surface area contributed by atoms with E-state index < -0.39 is 17.8 Å². The molecular formula is C18H23NO3S. The molecule has 2 N–H and O–H groups in total. The Balaban J connectivity index is 1.81. The lowest BCUT2D eigenvalue weighted by Crippen LogP contribution is -2.37. The van der Waals surface area contributed by atoms with Crippen molar-refractivity contribution in [3.05, 3.63) is 24.3 Å². The minimum Gasteiger partial charge on any atom is -0.481 e. The maximum Gasteiger partial charge on any atom is 0.307 e. The minimum absolute atomic E-state index is 0.0756. The van der Waals surface area contributed by atoms with Crippen molar-refractivity contribution in [3.63, 3.8) is 0 Å². The molecule has 4 atom stereocenters. The standard InChI is InChI=1S/C18H23NO3S/c1-18(2)12-8-9-13(18)15(17(21)22)14(12)16(20)19-10-4-6-11(23-3)7-5-10/h4-7,12-15H,8-9H2,1-3H3,(H,19,20)(H,21,22). The fourth-order valence-electron chi connectivity index (χ4n) is 4.73. The molecule has 2 aliphatic carbocycles. The number of carboxylic acids is 1. The van der Waals surface area contributed by atoms with Crippen LogP contribution in [0.4, 0.5) is 5.69 Å². The van der Waals surface area contributed by atoms with E-state index in [1.54, 1.807) is 11.8 Å². The van der Waals surface area contributed by atoms with Gasteiger partial charge in [-0.15, -0.1) is 11.8 Å². The van der Waals surface area contributed by atoms with Gasteiger partial charge in [0, 0.05) is 10.6 Å². The summed E-state index contributed by atoms with van der Waals surface area (Å²) < 4.78 is 0. The number of hydrogen-bond acceptors (Lipinski definition) is 3. The summed E-state index contributed by atoms with van der Waals surface area (Å²) in [6.45, 7) is 4.23. The highest BCUT2D eigenvalue weighted by molar-refractivity contribution is 7.98. The Morgan fingerprint density at radius 1 is 1.13 bits per heavy atom. The molecular weight excluding hydrogens is 310 g/mol. The van der Waals surface area contributed by atoms with Gasteiger partial charge in [-0.1, -0.05) is 13.8 Å². The van der Waals surface area contributed by atoms with E-state index in [2.05, 4.69) is 19.2 Å². The van der Waals surface area contributed by atoms with E-state index in [1.165, 1.54) is 0 Å². The highest BCUT2D eigenvalue weighted by atomic mass is 32.2. The van der Waals surface area contributed by atoms with Gasteiger partial charge in [0.15, 0.2) is 0 Å². The number of rotatable bonds is 4. The zero-order valence-corrected chi connectivity index (χ0v) is 14.5. The normalized spacial score (nSPS) is 31.1. The van der Waals surface area contributed by atoms with E-state index in [0.29, 0.717) is 0 Å². The number of amides is 1. The number of carbonyl (C=O) groups excluding carboxylic acids is 1. The molecule has 0 spiro atoms. The molecule has 1 amide bonds. The first-order chi connectivity index (χ1) is 10.9. The van der Waals surface area contributed by atoms with E-state index in [9.17, 15) is 14.7 Å². The van der Waals surface area contributed by atoms with Crippen LogP contribution >= 0.6 is 11.8 Å². The molecule has 23 heavy (non-hydrogen) atoms. The van der Waals surface area contributed by atoms with Crippen molar-refractivity contribution in [2.45, 2.75) is 31.6 Å². The summed E-state index contributed by atoms with van der Waals surface area (Å²) in [5.41, 5.74) is 0.658. The number of carboxylic acid groups (broad SMARTS) is 1. The van der Waals surface area contributed by atoms with Crippen LogP contribution in [0.25, 0.3) is 0 Å². The molecule has 0 heterocycles. The monoisotopic (exact) mass is 333 g/mol. The lowest BCUT2D eigenvalue weighted by Gasteiger charge is -2.27. The van der Waals surface area contributed by atoms with Crippen LogP contribution < -0.4 is 5.32 Å². The van der Waals surface area contributed by atoms with Crippen molar-refractivity contribution in [2.24, 2.45) is 29.1 Å². The van der Waals surface area contributed by atoms with Crippen LogP contribution in [-0.4, -0.2) is 23.2 Å². The molecule has 0 radical (unpaired) electrons. The summed E-state index contributed by atoms with van der Waals surface area (Å²) in [4.78, 5) is 25.7. The van der Waals surface area contributed by atoms with Crippen LogP contribution in [0.5, 0.6) is 0 Å². The molecule has 3 rings (SSSR count). The molecule has 4 nitrogen and oxygen atoms in total. The zero-order valence-electron chi connectivity index (χ0n) is 13.7. The third-order valence-electron chi connectivity index (χ3n) is 5.90. The van der Waals surface area contributed by atoms with E-state index in [0.717, 1.165) is 23.4 Å². The molecule has 0 aliphatic heterocycles. The van der Waals surface area contributed by atoms with Gasteiger partial charge in [0.2, 0.25) is 5.91 Å². The van der Waals surface area contributed by atoms with Gasteiger partial charge in [0.1, 0.15) is 0 Å². The Morgan fingerprint density at radius 2 is 1.70 bits per heavy atom. The van der Waals surface area contributed by atoms with Crippen LogP contribution in [0, 0.1) is 29.1 Å². The van der Waals surface area contributed by atoms with E-state index in [1.807, 2.05) is 30.5 Å². The maximum atomic E-state index is 12.8. The molecule has 1 aromatic carbocycles. The van der Waals surface area contributed by atoms with Crippen molar-refractivity contribution in [3.8, 4) is 0 Å². The van der Waals surface area contributed by atoms with Crippen LogP contribution in [-0.2, 0) is 9.59 Å². The SMILES string of the molecule is CSc1ccc(NC(=O)C2C(C(=O)O)C3CCC2C3(C)C)cc1. The van der Waals surface area contributed by atoms with Crippen molar-refractivity contribution >= 4 is 29.3 Å². The zero-order chi connectivity index (χ0) is 16.8. The summed E-state index contributed by atoms with van der Waals surface area (Å²) in [6.07, 6.45) is 3.87. The number of nitrogens with one attached hydrogen (secondary N) is 1. The Hall–Kier alpha value is -1.49. The van der Waals surface area contributed by atoms with E-state index in [4.69, 9.17) is 0 Å². The van der Waals surface area contributed by atoms with Crippen LogP contribution in [0.3, 0.4) is 0 Å². The van der Waals surface area contributed by atoms with E-state index in [-0.39, 0.29) is 23.2 Å². The number of anilines is 1. The van der Waals surface area contributed by atoms with Crippen molar-refractivity contribution < 1.29 is 14.7 Å². The summed E-state index contributed by atoms with van der Waals surface area (Å²) in [5, 5.41) is 12.6. The summed E-state index contributed by atoms with van der Waals surface area (Å²) in [6, 6.07) is 7.66. The second-order valence-electron chi connectivity index (χ2n) is 7.22. The fourth-order valence-corrected chi connectivity index (χ4v) is 5.14. The predicted octanol–water partition coefficient (Wildman–Crippen LogP) is 3.73. The third-order valence-corrected chi connectivity index (χ3v) is 6.64. The number of aliphatic carboxylic acids is 1. The van der Waals surface area contributed by atoms with Crippen LogP contribution in [0.15, 0.2) is 29.2 Å². The molecule has 2 fully saturated rings. The van der Waals surface area contributed by atoms with Gasteiger partial charge in [-0.25, -0.2) is 0 Å². The predicted molar refractivity (Wildman–Crippen MR) is 91.5 cm³/mol. The van der Waals surface area contributed by atoms with Crippen molar-refractivity contribution in [1.29, 1.82) is 0 Å². The lowest BCUT2D eigenvalue weighted by molar-refractivity contribution is -0.148. The van der Waals surface area contributed by atoms with Crippen molar-refractivity contribution in [2.75, 3.05) is 11.6 Å². The van der Waals surface area contributed by atoms with Gasteiger partial charge in [0.05, 0.1) is 11.8 Å². The van der Waals surface area contributed by atoms with Gasteiger partial charge in [-0.2, -0.15) is 0 Å². The number of fused-ring (bicyclic) bond motifs is 2. The highest BCUT2D eigenvalue weighted by Crippen LogP contribution is 2.63. The maximum absolute atomic E-state index is 12.8. The number of hydrogen-bond donors (Lipinski definition) is 2. The molecule has 0 aromatic heterocycles. The molecule has 1 aromatic rings. The van der Waals surface area contributed by atoms with Crippen molar-refractivity contribution in [1.82, 2.24) is 0 Å². The molecule has 2 saturated carbocycles. The second-order valence-corrected chi connectivity index (χ2v) is 8.10. The molecule has 124 valence electrons. The second kappa shape index (κ2) is 5.86. The first kappa shape index (κ1) is 16.4. The first-order valence-corrected chi connectivity index (χ1v) is 9.26. The molecule has 4 unspecified atom stereocenters. The third kappa shape index (κ3) is 2.65. The van der Waals surface area contributed by atoms with Crippen LogP contribution in [0.1, 0.15) is 26.7 Å². The number of benzene rings is 1. The summed E-state index contributed by atoms with van der Waals surface area (Å²) in [5.74, 6) is -1.72. The van der Waals surface area contributed by atoms with Gasteiger partial charge >= 0.3 is 5.97 Å². The molecule has 2 aliphatic rings. The summed E-state index contributed by atoms with van der Waals surface area (Å²) >= 11 is 1.65. The highest BCUT2D eigenvalue weighted by Gasteiger charge is 2.63. The fraction of sp³-hybridized carbons (Fsp3) is 0.556. The van der Waals surface area contributed by atoms with Gasteiger partial charge < -0.3 is 10.4 Å². The Bertz CT molecular complexity index is 626. The lowest BCUT2D eigenvalue weighted by atomic mass is 9.78. The Morgan fingerprint density at radius 3 is 2.22 bits per heavy atom. The number of thioether (sulfide) groups is 1. The van der Waals surface area contributed by atoms with Gasteiger partial charge in [0.25, 0.3) is 0 Å². The first-order valence-electron chi connectivity index (χ1n) is 8.04.